The highest BCUT2D eigenvalue weighted by atomic mass is 127. The topological polar surface area (TPSA) is 12.0 Å². The van der Waals surface area contributed by atoms with Crippen LogP contribution in [0, 0.1) is 3.57 Å². The minimum absolute atomic E-state index is 0.389. The minimum atomic E-state index is 0.389. The van der Waals surface area contributed by atoms with Crippen LogP contribution in [0.5, 0.6) is 0 Å². The Balaban J connectivity index is 2.34. The fourth-order valence-electron chi connectivity index (χ4n) is 2.51. The van der Waals surface area contributed by atoms with Crippen LogP contribution >= 0.6 is 38.5 Å². The molecule has 0 saturated heterocycles. The van der Waals surface area contributed by atoms with Crippen LogP contribution in [0.1, 0.15) is 44.2 Å². The van der Waals surface area contributed by atoms with Crippen molar-refractivity contribution in [2.45, 2.75) is 38.6 Å². The molecular formula is C15H19BrIN. The van der Waals surface area contributed by atoms with Crippen LogP contribution in [0.4, 0.5) is 0 Å². The second kappa shape index (κ2) is 7.06. The molecule has 98 valence electrons. The third kappa shape index (κ3) is 3.58. The zero-order valence-electron chi connectivity index (χ0n) is 10.7. The highest BCUT2D eigenvalue weighted by Crippen LogP contribution is 2.33. The van der Waals surface area contributed by atoms with E-state index in [9.17, 15) is 0 Å². The van der Waals surface area contributed by atoms with Crippen molar-refractivity contribution in [1.82, 2.24) is 5.32 Å². The summed E-state index contributed by atoms with van der Waals surface area (Å²) in [5, 5.41) is 3.64. The van der Waals surface area contributed by atoms with Gasteiger partial charge in [-0.25, -0.2) is 0 Å². The van der Waals surface area contributed by atoms with E-state index >= 15 is 0 Å². The predicted octanol–water partition coefficient (Wildman–Crippen LogP) is 5.20. The third-order valence-corrected chi connectivity index (χ3v) is 4.85. The molecule has 18 heavy (non-hydrogen) atoms. The molecule has 0 aliphatic heterocycles. The Labute approximate surface area is 132 Å². The predicted molar refractivity (Wildman–Crippen MR) is 89.8 cm³/mol. The lowest BCUT2D eigenvalue weighted by Crippen LogP contribution is -2.24. The average molecular weight is 420 g/mol. The van der Waals surface area contributed by atoms with Gasteiger partial charge in [0.15, 0.2) is 0 Å². The van der Waals surface area contributed by atoms with Gasteiger partial charge in [-0.15, -0.1) is 0 Å². The number of allylic oxidation sites excluding steroid dienone is 1. The summed E-state index contributed by atoms with van der Waals surface area (Å²) in [6.45, 7) is 3.19. The summed E-state index contributed by atoms with van der Waals surface area (Å²) in [5.41, 5.74) is 2.97. The average Bonchev–Trinajstić information content (AvgIpc) is 2.40. The highest BCUT2D eigenvalue weighted by molar-refractivity contribution is 14.1. The first kappa shape index (κ1) is 14.5. The quantitative estimate of drug-likeness (QED) is 0.522. The zero-order chi connectivity index (χ0) is 13.0. The van der Waals surface area contributed by atoms with Crippen LogP contribution in [0.15, 0.2) is 34.3 Å². The number of hydrogen-bond acceptors (Lipinski definition) is 1. The maximum Gasteiger partial charge on any atom is 0.0546 e. The molecule has 0 amide bonds. The van der Waals surface area contributed by atoms with Crippen molar-refractivity contribution in [2.24, 2.45) is 0 Å². The molecule has 1 aliphatic rings. The van der Waals surface area contributed by atoms with E-state index in [0.29, 0.717) is 6.04 Å². The van der Waals surface area contributed by atoms with Gasteiger partial charge in [-0.1, -0.05) is 34.5 Å². The Kier molecular flexibility index (Phi) is 5.70. The Morgan fingerprint density at radius 2 is 2.22 bits per heavy atom. The highest BCUT2D eigenvalue weighted by Gasteiger charge is 2.19. The number of likely N-dealkylation sites (N-methyl/N-ethyl adjacent to an activating group) is 1. The summed E-state index contributed by atoms with van der Waals surface area (Å²) >= 11 is 6.03. The number of rotatable bonds is 4. The van der Waals surface area contributed by atoms with Crippen molar-refractivity contribution < 1.29 is 0 Å². The Hall–Kier alpha value is 0.130. The van der Waals surface area contributed by atoms with E-state index in [1.54, 1.807) is 5.57 Å². The van der Waals surface area contributed by atoms with E-state index in [1.807, 2.05) is 0 Å². The molecule has 1 N–H and O–H groups in total. The normalized spacial score (nSPS) is 17.4. The van der Waals surface area contributed by atoms with E-state index in [2.05, 4.69) is 75.0 Å². The third-order valence-electron chi connectivity index (χ3n) is 3.37. The maximum absolute atomic E-state index is 3.64. The molecule has 0 saturated carbocycles. The van der Waals surface area contributed by atoms with Crippen molar-refractivity contribution >= 4 is 38.5 Å². The Bertz CT molecular complexity index is 442. The van der Waals surface area contributed by atoms with E-state index < -0.39 is 0 Å². The van der Waals surface area contributed by atoms with Crippen LogP contribution in [0.3, 0.4) is 0 Å². The molecule has 3 heteroatoms. The fourth-order valence-corrected chi connectivity index (χ4v) is 3.53. The fraction of sp³-hybridized carbons (Fsp3) is 0.467. The van der Waals surface area contributed by atoms with Gasteiger partial charge in [0.05, 0.1) is 6.04 Å². The van der Waals surface area contributed by atoms with Crippen molar-refractivity contribution in [1.29, 1.82) is 0 Å². The SMILES string of the molecule is CCNC(C1=CCCCC1)c1cc(Br)ccc1I. The minimum Gasteiger partial charge on any atom is -0.307 e. The summed E-state index contributed by atoms with van der Waals surface area (Å²) in [6.07, 6.45) is 7.59. The number of nitrogens with one attached hydrogen (secondary N) is 1. The van der Waals surface area contributed by atoms with Crippen LogP contribution < -0.4 is 5.32 Å². The summed E-state index contributed by atoms with van der Waals surface area (Å²) in [5.74, 6) is 0. The van der Waals surface area contributed by atoms with Gasteiger partial charge in [-0.3, -0.25) is 0 Å². The van der Waals surface area contributed by atoms with Gasteiger partial charge in [0.2, 0.25) is 0 Å². The molecule has 1 aromatic rings. The molecular weight excluding hydrogens is 401 g/mol. The van der Waals surface area contributed by atoms with Crippen molar-refractivity contribution in [3.05, 3.63) is 43.5 Å². The van der Waals surface area contributed by atoms with Gasteiger partial charge in [0.1, 0.15) is 0 Å². The lowest BCUT2D eigenvalue weighted by Gasteiger charge is -2.25. The van der Waals surface area contributed by atoms with E-state index in [-0.39, 0.29) is 0 Å². The van der Waals surface area contributed by atoms with Gasteiger partial charge in [-0.05, 0) is 78.6 Å². The molecule has 0 heterocycles. The lowest BCUT2D eigenvalue weighted by atomic mass is 9.90. The van der Waals surface area contributed by atoms with Crippen LogP contribution in [0.2, 0.25) is 0 Å². The summed E-state index contributed by atoms with van der Waals surface area (Å²) in [4.78, 5) is 0. The molecule has 0 fully saturated rings. The van der Waals surface area contributed by atoms with Gasteiger partial charge < -0.3 is 5.32 Å². The van der Waals surface area contributed by atoms with Gasteiger partial charge >= 0.3 is 0 Å². The van der Waals surface area contributed by atoms with E-state index in [4.69, 9.17) is 0 Å². The van der Waals surface area contributed by atoms with E-state index in [1.165, 1.54) is 34.8 Å². The summed E-state index contributed by atoms with van der Waals surface area (Å²) in [7, 11) is 0. The lowest BCUT2D eigenvalue weighted by molar-refractivity contribution is 0.562. The Morgan fingerprint density at radius 3 is 2.89 bits per heavy atom. The van der Waals surface area contributed by atoms with Crippen LogP contribution in [0.25, 0.3) is 0 Å². The molecule has 2 rings (SSSR count). The molecule has 1 nitrogen and oxygen atoms in total. The molecule has 0 spiro atoms. The van der Waals surface area contributed by atoms with Crippen LogP contribution in [-0.2, 0) is 0 Å². The number of benzene rings is 1. The number of halogens is 2. The molecule has 1 unspecified atom stereocenters. The second-order valence-electron chi connectivity index (χ2n) is 4.68. The molecule has 1 aromatic carbocycles. The Morgan fingerprint density at radius 1 is 1.39 bits per heavy atom. The van der Waals surface area contributed by atoms with Crippen molar-refractivity contribution in [3.8, 4) is 0 Å². The molecule has 1 atom stereocenters. The van der Waals surface area contributed by atoms with Gasteiger partial charge in [0, 0.05) is 8.04 Å². The molecule has 0 aromatic heterocycles. The number of hydrogen-bond donors (Lipinski definition) is 1. The largest absolute Gasteiger partial charge is 0.307 e. The molecule has 0 bridgehead atoms. The summed E-state index contributed by atoms with van der Waals surface area (Å²) in [6, 6.07) is 6.95. The van der Waals surface area contributed by atoms with E-state index in [0.717, 1.165) is 11.0 Å². The zero-order valence-corrected chi connectivity index (χ0v) is 14.4. The second-order valence-corrected chi connectivity index (χ2v) is 6.76. The van der Waals surface area contributed by atoms with Gasteiger partial charge in [-0.2, -0.15) is 0 Å². The van der Waals surface area contributed by atoms with Crippen LogP contribution in [-0.4, -0.2) is 6.54 Å². The van der Waals surface area contributed by atoms with Crippen molar-refractivity contribution in [2.75, 3.05) is 6.54 Å². The first-order chi connectivity index (χ1) is 8.72. The summed E-state index contributed by atoms with van der Waals surface area (Å²) < 4.78 is 2.51. The molecule has 0 radical (unpaired) electrons. The van der Waals surface area contributed by atoms with Gasteiger partial charge in [0.25, 0.3) is 0 Å². The first-order valence-electron chi connectivity index (χ1n) is 6.59. The smallest absolute Gasteiger partial charge is 0.0546 e. The first-order valence-corrected chi connectivity index (χ1v) is 8.46. The standard InChI is InChI=1S/C15H19BrIN/c1-2-18-15(11-6-4-3-5-7-11)13-10-12(16)8-9-14(13)17/h6,8-10,15,18H,2-5,7H2,1H3. The molecule has 1 aliphatic carbocycles. The monoisotopic (exact) mass is 419 g/mol. The van der Waals surface area contributed by atoms with Crippen molar-refractivity contribution in [3.63, 3.8) is 0 Å². The maximum atomic E-state index is 3.64.